The lowest BCUT2D eigenvalue weighted by Gasteiger charge is -2.34. The maximum absolute atomic E-state index is 11.3. The molecule has 0 saturated carbocycles. The Morgan fingerprint density at radius 2 is 2.40 bits per heavy atom. The van der Waals surface area contributed by atoms with E-state index in [0.717, 1.165) is 24.4 Å². The van der Waals surface area contributed by atoms with E-state index in [0.29, 0.717) is 5.56 Å². The lowest BCUT2D eigenvalue weighted by molar-refractivity contribution is -0.146. The molecule has 3 N–H and O–H groups in total. The number of nitrogens with two attached hydrogens (primary N) is 1. The predicted octanol–water partition coefficient (Wildman–Crippen LogP) is 1.41. The second kappa shape index (κ2) is 3.10. The zero-order valence-electron chi connectivity index (χ0n) is 8.91. The van der Waals surface area contributed by atoms with Crippen molar-refractivity contribution in [3.8, 4) is 0 Å². The molecule has 0 bridgehead atoms. The fourth-order valence-electron chi connectivity index (χ4n) is 2.27. The van der Waals surface area contributed by atoms with Crippen LogP contribution in [0.15, 0.2) is 10.5 Å². The van der Waals surface area contributed by atoms with E-state index in [1.807, 2.05) is 13.8 Å². The molecule has 82 valence electrons. The molecule has 0 amide bonds. The molecule has 4 nitrogen and oxygen atoms in total. The van der Waals surface area contributed by atoms with Crippen LogP contribution in [-0.4, -0.2) is 11.1 Å². The summed E-state index contributed by atoms with van der Waals surface area (Å²) in [4.78, 5) is 11.3. The van der Waals surface area contributed by atoms with Gasteiger partial charge < -0.3 is 15.3 Å². The Balaban J connectivity index is 2.59. The third-order valence-corrected chi connectivity index (χ3v) is 3.31. The SMILES string of the molecule is Cc1cc2c(o1)CCC(C)C2(N)C(=O)O. The van der Waals surface area contributed by atoms with Gasteiger partial charge in [0, 0.05) is 12.0 Å². The summed E-state index contributed by atoms with van der Waals surface area (Å²) in [6.07, 6.45) is 1.53. The van der Waals surface area contributed by atoms with Gasteiger partial charge in [-0.25, -0.2) is 4.79 Å². The molecule has 0 aromatic carbocycles. The number of hydrogen-bond donors (Lipinski definition) is 2. The molecule has 1 aromatic rings. The normalized spacial score (nSPS) is 29.9. The standard InChI is InChI=1S/C11H15NO3/c1-6-3-4-9-8(5-7(2)15-9)11(6,12)10(13)14/h5-6H,3-4,12H2,1-2H3,(H,13,14). The van der Waals surface area contributed by atoms with Crippen molar-refractivity contribution in [3.05, 3.63) is 23.2 Å². The second-order valence-corrected chi connectivity index (χ2v) is 4.31. The molecular formula is C11H15NO3. The molecule has 2 unspecified atom stereocenters. The molecule has 15 heavy (non-hydrogen) atoms. The van der Waals surface area contributed by atoms with Gasteiger partial charge in [-0.05, 0) is 25.3 Å². The van der Waals surface area contributed by atoms with Crippen LogP contribution in [0, 0.1) is 12.8 Å². The number of aliphatic carboxylic acids is 1. The highest BCUT2D eigenvalue weighted by Crippen LogP contribution is 2.39. The maximum Gasteiger partial charge on any atom is 0.328 e. The summed E-state index contributed by atoms with van der Waals surface area (Å²) < 4.78 is 5.46. The molecule has 0 aliphatic heterocycles. The van der Waals surface area contributed by atoms with Crippen LogP contribution in [0.3, 0.4) is 0 Å². The third-order valence-electron chi connectivity index (χ3n) is 3.31. The van der Waals surface area contributed by atoms with Crippen molar-refractivity contribution in [2.24, 2.45) is 11.7 Å². The summed E-state index contributed by atoms with van der Waals surface area (Å²) in [5.41, 5.74) is 5.37. The van der Waals surface area contributed by atoms with Gasteiger partial charge in [0.1, 0.15) is 17.1 Å². The molecule has 2 rings (SSSR count). The van der Waals surface area contributed by atoms with Gasteiger partial charge >= 0.3 is 5.97 Å². The van der Waals surface area contributed by atoms with Gasteiger partial charge in [0.15, 0.2) is 0 Å². The molecule has 2 atom stereocenters. The zero-order chi connectivity index (χ0) is 11.2. The Morgan fingerprint density at radius 3 is 3.00 bits per heavy atom. The van der Waals surface area contributed by atoms with Gasteiger partial charge in [-0.1, -0.05) is 6.92 Å². The minimum Gasteiger partial charge on any atom is -0.480 e. The Labute approximate surface area is 88.1 Å². The molecule has 1 aliphatic carbocycles. The first kappa shape index (κ1) is 10.2. The first-order chi connectivity index (χ1) is 6.96. The second-order valence-electron chi connectivity index (χ2n) is 4.31. The predicted molar refractivity (Wildman–Crippen MR) is 54.4 cm³/mol. The first-order valence-corrected chi connectivity index (χ1v) is 5.08. The van der Waals surface area contributed by atoms with Crippen LogP contribution in [0.2, 0.25) is 0 Å². The Morgan fingerprint density at radius 1 is 1.73 bits per heavy atom. The van der Waals surface area contributed by atoms with Crippen molar-refractivity contribution >= 4 is 5.97 Å². The highest BCUT2D eigenvalue weighted by molar-refractivity contribution is 5.81. The number of carbonyl (C=O) groups is 1. The number of fused-ring (bicyclic) bond motifs is 1. The van der Waals surface area contributed by atoms with E-state index in [1.54, 1.807) is 6.07 Å². The highest BCUT2D eigenvalue weighted by atomic mass is 16.4. The lowest BCUT2D eigenvalue weighted by Crippen LogP contribution is -2.52. The molecule has 4 heteroatoms. The molecule has 1 aliphatic rings. The first-order valence-electron chi connectivity index (χ1n) is 5.08. The molecule has 0 saturated heterocycles. The number of rotatable bonds is 1. The van der Waals surface area contributed by atoms with Crippen molar-refractivity contribution in [3.63, 3.8) is 0 Å². The van der Waals surface area contributed by atoms with Crippen LogP contribution in [0.4, 0.5) is 0 Å². The van der Waals surface area contributed by atoms with Gasteiger partial charge in [0.05, 0.1) is 0 Å². The van der Waals surface area contributed by atoms with E-state index in [2.05, 4.69) is 0 Å². The lowest BCUT2D eigenvalue weighted by atomic mass is 9.73. The summed E-state index contributed by atoms with van der Waals surface area (Å²) in [5, 5.41) is 9.26. The quantitative estimate of drug-likeness (QED) is 0.733. The van der Waals surface area contributed by atoms with Crippen LogP contribution in [0.25, 0.3) is 0 Å². The van der Waals surface area contributed by atoms with Crippen molar-refractivity contribution < 1.29 is 14.3 Å². The Bertz CT molecular complexity index is 410. The van der Waals surface area contributed by atoms with Crippen molar-refractivity contribution in [1.29, 1.82) is 0 Å². The van der Waals surface area contributed by atoms with E-state index in [1.165, 1.54) is 0 Å². The molecule has 0 spiro atoms. The third kappa shape index (κ3) is 1.28. The van der Waals surface area contributed by atoms with E-state index >= 15 is 0 Å². The van der Waals surface area contributed by atoms with Crippen LogP contribution in [0.1, 0.15) is 30.4 Å². The minimum atomic E-state index is -1.29. The maximum atomic E-state index is 11.3. The zero-order valence-corrected chi connectivity index (χ0v) is 8.91. The van der Waals surface area contributed by atoms with Gasteiger partial charge in [0.25, 0.3) is 0 Å². The van der Waals surface area contributed by atoms with Gasteiger partial charge in [-0.3, -0.25) is 0 Å². The molecule has 1 aromatic heterocycles. The van der Waals surface area contributed by atoms with E-state index < -0.39 is 11.5 Å². The largest absolute Gasteiger partial charge is 0.480 e. The molecular weight excluding hydrogens is 194 g/mol. The summed E-state index contributed by atoms with van der Waals surface area (Å²) in [7, 11) is 0. The fraction of sp³-hybridized carbons (Fsp3) is 0.545. The monoisotopic (exact) mass is 209 g/mol. The topological polar surface area (TPSA) is 76.5 Å². The minimum absolute atomic E-state index is 0.0699. The van der Waals surface area contributed by atoms with Crippen molar-refractivity contribution in [2.75, 3.05) is 0 Å². The molecule has 0 radical (unpaired) electrons. The highest BCUT2D eigenvalue weighted by Gasteiger charge is 2.47. The Hall–Kier alpha value is -1.29. The van der Waals surface area contributed by atoms with Crippen LogP contribution >= 0.6 is 0 Å². The summed E-state index contributed by atoms with van der Waals surface area (Å²) in [6, 6.07) is 1.75. The van der Waals surface area contributed by atoms with Gasteiger partial charge in [-0.15, -0.1) is 0 Å². The summed E-state index contributed by atoms with van der Waals surface area (Å²) in [6.45, 7) is 3.69. The summed E-state index contributed by atoms with van der Waals surface area (Å²) >= 11 is 0. The Kier molecular flexibility index (Phi) is 2.12. The smallest absolute Gasteiger partial charge is 0.328 e. The van der Waals surface area contributed by atoms with Gasteiger partial charge in [-0.2, -0.15) is 0 Å². The van der Waals surface area contributed by atoms with Crippen LogP contribution in [0.5, 0.6) is 0 Å². The average Bonchev–Trinajstić information content (AvgIpc) is 2.53. The van der Waals surface area contributed by atoms with Crippen LogP contribution in [-0.2, 0) is 16.8 Å². The summed E-state index contributed by atoms with van der Waals surface area (Å²) in [5.74, 6) is 0.414. The average molecular weight is 209 g/mol. The molecule has 1 heterocycles. The van der Waals surface area contributed by atoms with E-state index in [9.17, 15) is 9.90 Å². The van der Waals surface area contributed by atoms with Gasteiger partial charge in [0.2, 0.25) is 0 Å². The fourth-order valence-corrected chi connectivity index (χ4v) is 2.27. The van der Waals surface area contributed by atoms with Crippen LogP contribution < -0.4 is 5.73 Å². The number of aryl methyl sites for hydroxylation is 2. The number of hydrogen-bond acceptors (Lipinski definition) is 3. The number of furan rings is 1. The van der Waals surface area contributed by atoms with Crippen molar-refractivity contribution in [2.45, 2.75) is 32.2 Å². The van der Waals surface area contributed by atoms with Crippen molar-refractivity contribution in [1.82, 2.24) is 0 Å². The molecule has 0 fully saturated rings. The number of carboxylic acids is 1. The van der Waals surface area contributed by atoms with E-state index in [4.69, 9.17) is 10.2 Å². The number of carboxylic acid groups (broad SMARTS) is 1. The van der Waals surface area contributed by atoms with E-state index in [-0.39, 0.29) is 5.92 Å².